The average molecular weight is 545 g/mol. The summed E-state index contributed by atoms with van der Waals surface area (Å²) in [5, 5.41) is 2.41. The predicted molar refractivity (Wildman–Crippen MR) is 122 cm³/mol. The highest BCUT2D eigenvalue weighted by Crippen LogP contribution is 2.38. The molecular weight excluding hydrogens is 525 g/mol. The molecule has 0 heterocycles. The lowest BCUT2D eigenvalue weighted by molar-refractivity contribution is 0.0934. The zero-order valence-electron chi connectivity index (χ0n) is 16.6. The minimum atomic E-state index is -0.523. The fourth-order valence-corrected chi connectivity index (χ4v) is 3.29. The molecule has 0 spiro atoms. The summed E-state index contributed by atoms with van der Waals surface area (Å²) in [6.45, 7) is 0. The molecule has 0 unspecified atom stereocenters. The lowest BCUT2D eigenvalue weighted by Crippen LogP contribution is -2.48. The summed E-state index contributed by atoms with van der Waals surface area (Å²) >= 11 is 7.12. The second-order valence-corrected chi connectivity index (χ2v) is 7.20. The number of hydrazine groups is 1. The number of thiocarbonyl (C=S) groups is 1. The van der Waals surface area contributed by atoms with Crippen molar-refractivity contribution in [2.45, 2.75) is 0 Å². The Bertz CT molecular complexity index is 944. The van der Waals surface area contributed by atoms with Gasteiger partial charge >= 0.3 is 0 Å². The van der Waals surface area contributed by atoms with E-state index in [1.165, 1.54) is 33.5 Å². The number of hydrogen-bond donors (Lipinski definition) is 3. The molecule has 0 saturated carbocycles. The summed E-state index contributed by atoms with van der Waals surface area (Å²) in [7, 11) is 5.91. The second kappa shape index (κ2) is 10.8. The molecule has 0 aliphatic rings. The molecule has 2 amide bonds. The first-order valence-electron chi connectivity index (χ1n) is 8.39. The fourth-order valence-electron chi connectivity index (χ4n) is 2.41. The summed E-state index contributed by atoms with van der Waals surface area (Å²) in [5.41, 5.74) is 5.51. The molecule has 3 N–H and O–H groups in total. The largest absolute Gasteiger partial charge is 0.496 e. The van der Waals surface area contributed by atoms with Crippen molar-refractivity contribution >= 4 is 51.7 Å². The summed E-state index contributed by atoms with van der Waals surface area (Å²) in [4.78, 5) is 24.8. The van der Waals surface area contributed by atoms with Crippen LogP contribution in [0.3, 0.4) is 0 Å². The molecule has 11 heteroatoms. The van der Waals surface area contributed by atoms with Gasteiger partial charge in [0.05, 0.1) is 32.0 Å². The number of halogens is 1. The summed E-state index contributed by atoms with van der Waals surface area (Å²) < 4.78 is 21.6. The highest BCUT2D eigenvalue weighted by Gasteiger charge is 2.17. The van der Waals surface area contributed by atoms with Gasteiger partial charge in [-0.3, -0.25) is 25.8 Å². The number of amides is 2. The summed E-state index contributed by atoms with van der Waals surface area (Å²) in [6, 6.07) is 7.91. The van der Waals surface area contributed by atoms with E-state index in [1.807, 2.05) is 0 Å². The Labute approximate surface area is 192 Å². The Morgan fingerprint density at radius 3 is 1.90 bits per heavy atom. The fraction of sp³-hybridized carbons (Fsp3) is 0.211. The van der Waals surface area contributed by atoms with Crippen molar-refractivity contribution in [1.82, 2.24) is 16.2 Å². The van der Waals surface area contributed by atoms with Crippen LogP contribution in [0.2, 0.25) is 0 Å². The van der Waals surface area contributed by atoms with Crippen molar-refractivity contribution in [2.24, 2.45) is 0 Å². The van der Waals surface area contributed by atoms with Crippen LogP contribution < -0.4 is 35.1 Å². The zero-order valence-corrected chi connectivity index (χ0v) is 19.6. The molecule has 0 fully saturated rings. The molecule has 160 valence electrons. The molecule has 0 aliphatic carbocycles. The number of hydrogen-bond acceptors (Lipinski definition) is 7. The SMILES string of the molecule is COc1ccc(C(=O)NC(=S)NNC(=O)c2cc(OC)c(OC)c(OC)c2)cc1I. The first kappa shape index (κ1) is 23.5. The molecule has 0 saturated heterocycles. The van der Waals surface area contributed by atoms with Crippen molar-refractivity contribution < 1.29 is 28.5 Å². The van der Waals surface area contributed by atoms with E-state index in [2.05, 4.69) is 38.8 Å². The third-order valence-corrected chi connectivity index (χ3v) is 4.90. The third kappa shape index (κ3) is 5.63. The number of benzene rings is 2. The molecule has 0 aromatic heterocycles. The number of carbonyl (C=O) groups excluding carboxylic acids is 2. The molecule has 0 aliphatic heterocycles. The minimum Gasteiger partial charge on any atom is -0.496 e. The van der Waals surface area contributed by atoms with E-state index >= 15 is 0 Å². The van der Waals surface area contributed by atoms with Gasteiger partial charge in [0.1, 0.15) is 5.75 Å². The van der Waals surface area contributed by atoms with Gasteiger partial charge in [0.2, 0.25) is 5.75 Å². The maximum Gasteiger partial charge on any atom is 0.269 e. The maximum absolute atomic E-state index is 12.4. The number of nitrogens with one attached hydrogen (secondary N) is 3. The number of carbonyl (C=O) groups is 2. The molecule has 30 heavy (non-hydrogen) atoms. The van der Waals surface area contributed by atoms with Crippen molar-refractivity contribution in [3.63, 3.8) is 0 Å². The van der Waals surface area contributed by atoms with Gasteiger partial charge < -0.3 is 18.9 Å². The van der Waals surface area contributed by atoms with Crippen LogP contribution in [0.1, 0.15) is 20.7 Å². The first-order chi connectivity index (χ1) is 14.3. The van der Waals surface area contributed by atoms with Crippen molar-refractivity contribution in [1.29, 1.82) is 0 Å². The van der Waals surface area contributed by atoms with Gasteiger partial charge in [-0.25, -0.2) is 0 Å². The van der Waals surface area contributed by atoms with Gasteiger partial charge in [0.15, 0.2) is 16.6 Å². The molecule has 2 aromatic carbocycles. The van der Waals surface area contributed by atoms with Gasteiger partial charge in [-0.1, -0.05) is 0 Å². The standard InChI is InChI=1S/C19H20IN3O6S/c1-26-13-6-5-10(7-12(13)20)17(24)21-19(30)23-22-18(25)11-8-14(27-2)16(29-4)15(9-11)28-3/h5-9H,1-4H3,(H,22,25)(H2,21,23,24,30). The van der Waals surface area contributed by atoms with Crippen LogP contribution in [0, 0.1) is 3.57 Å². The Morgan fingerprint density at radius 1 is 0.800 bits per heavy atom. The van der Waals surface area contributed by atoms with Crippen LogP contribution in [0.15, 0.2) is 30.3 Å². The van der Waals surface area contributed by atoms with Gasteiger partial charge in [-0.05, 0) is 65.1 Å². The molecule has 0 bridgehead atoms. The van der Waals surface area contributed by atoms with Crippen LogP contribution in [0.5, 0.6) is 23.0 Å². The van der Waals surface area contributed by atoms with E-state index in [4.69, 9.17) is 31.2 Å². The van der Waals surface area contributed by atoms with Gasteiger partial charge in [-0.15, -0.1) is 0 Å². The molecule has 9 nitrogen and oxygen atoms in total. The van der Waals surface area contributed by atoms with Crippen molar-refractivity contribution in [3.05, 3.63) is 45.0 Å². The van der Waals surface area contributed by atoms with E-state index in [0.29, 0.717) is 28.6 Å². The minimum absolute atomic E-state index is 0.0772. The van der Waals surface area contributed by atoms with E-state index < -0.39 is 11.8 Å². The monoisotopic (exact) mass is 545 g/mol. The Kier molecular flexibility index (Phi) is 8.47. The second-order valence-electron chi connectivity index (χ2n) is 5.63. The predicted octanol–water partition coefficient (Wildman–Crippen LogP) is 2.27. The van der Waals surface area contributed by atoms with Crippen LogP contribution in [-0.4, -0.2) is 45.4 Å². The van der Waals surface area contributed by atoms with E-state index in [9.17, 15) is 9.59 Å². The molecule has 0 atom stereocenters. The van der Waals surface area contributed by atoms with Crippen molar-refractivity contribution in [2.75, 3.05) is 28.4 Å². The molecule has 2 aromatic rings. The lowest BCUT2D eigenvalue weighted by atomic mass is 10.1. The molecule has 2 rings (SSSR count). The van der Waals surface area contributed by atoms with Crippen LogP contribution in [0.25, 0.3) is 0 Å². The normalized spacial score (nSPS) is 9.90. The smallest absolute Gasteiger partial charge is 0.269 e. The van der Waals surface area contributed by atoms with E-state index in [-0.39, 0.29) is 10.7 Å². The van der Waals surface area contributed by atoms with Crippen molar-refractivity contribution in [3.8, 4) is 23.0 Å². The highest BCUT2D eigenvalue weighted by molar-refractivity contribution is 14.1. The van der Waals surface area contributed by atoms with Crippen LogP contribution >= 0.6 is 34.8 Å². The number of ether oxygens (including phenoxy) is 4. The quantitative estimate of drug-likeness (QED) is 0.289. The average Bonchev–Trinajstić information content (AvgIpc) is 2.75. The molecule has 0 radical (unpaired) electrons. The van der Waals surface area contributed by atoms with Crippen LogP contribution in [0.4, 0.5) is 0 Å². The Balaban J connectivity index is 2.01. The number of methoxy groups -OCH3 is 4. The maximum atomic E-state index is 12.4. The highest BCUT2D eigenvalue weighted by atomic mass is 127. The Hall–Kier alpha value is -2.80. The lowest BCUT2D eigenvalue weighted by Gasteiger charge is -2.15. The topological polar surface area (TPSA) is 107 Å². The van der Waals surface area contributed by atoms with Gasteiger partial charge in [0, 0.05) is 11.1 Å². The molecular formula is C19H20IN3O6S. The summed E-state index contributed by atoms with van der Waals surface area (Å²) in [5.74, 6) is 0.714. The number of rotatable bonds is 6. The van der Waals surface area contributed by atoms with E-state index in [0.717, 1.165) is 3.57 Å². The van der Waals surface area contributed by atoms with E-state index in [1.54, 1.807) is 25.3 Å². The van der Waals surface area contributed by atoms with Gasteiger partial charge in [0.25, 0.3) is 11.8 Å². The zero-order chi connectivity index (χ0) is 22.3. The van der Waals surface area contributed by atoms with Crippen LogP contribution in [-0.2, 0) is 0 Å². The third-order valence-electron chi connectivity index (χ3n) is 3.86. The first-order valence-corrected chi connectivity index (χ1v) is 9.88. The van der Waals surface area contributed by atoms with Gasteiger partial charge in [-0.2, -0.15) is 0 Å². The Morgan fingerprint density at radius 2 is 1.40 bits per heavy atom. The summed E-state index contributed by atoms with van der Waals surface area (Å²) in [6.07, 6.45) is 0.